The third-order valence-electron chi connectivity index (χ3n) is 1.10. The zero-order chi connectivity index (χ0) is 8.04. The van der Waals surface area contributed by atoms with E-state index in [4.69, 9.17) is 11.2 Å². The fourth-order valence-electron chi connectivity index (χ4n) is 0.593. The van der Waals surface area contributed by atoms with E-state index in [-0.39, 0.29) is 0 Å². The molecule has 0 spiro atoms. The minimum Gasteiger partial charge on any atom is -0.387 e. The largest absolute Gasteiger partial charge is 0.387 e. The molecular weight excluding hydrogens is 128 g/mol. The summed E-state index contributed by atoms with van der Waals surface area (Å²) >= 11 is 0. The van der Waals surface area contributed by atoms with E-state index in [0.717, 1.165) is 0 Å². The molecule has 0 aromatic carbocycles. The zero-order valence-electron chi connectivity index (χ0n) is 6.55. The molecule has 0 aliphatic heterocycles. The van der Waals surface area contributed by atoms with E-state index in [9.17, 15) is 5.11 Å². The molecule has 58 valence electrons. The lowest BCUT2D eigenvalue weighted by molar-refractivity contribution is -0.0264. The Kier molecular flexibility index (Phi) is 4.10. The molecule has 0 saturated heterocycles. The number of rotatable bonds is 4. The van der Waals surface area contributed by atoms with Crippen molar-refractivity contribution in [2.45, 2.75) is 25.9 Å². The van der Waals surface area contributed by atoms with Crippen LogP contribution in [0.5, 0.6) is 0 Å². The summed E-state index contributed by atoms with van der Waals surface area (Å²) in [4.78, 5) is 0. The molecule has 0 aromatic heterocycles. The molecule has 0 radical (unpaired) electrons. The Hall–Kier alpha value is -0.520. The lowest BCUT2D eigenvalue weighted by atomic mass is 10.1. The summed E-state index contributed by atoms with van der Waals surface area (Å²) in [6.07, 6.45) is 5.36. The summed E-state index contributed by atoms with van der Waals surface area (Å²) in [5.41, 5.74) is -0.856. The molecule has 0 aliphatic rings. The van der Waals surface area contributed by atoms with Crippen molar-refractivity contribution in [1.82, 2.24) is 0 Å². The molecule has 10 heavy (non-hydrogen) atoms. The first kappa shape index (κ1) is 9.48. The summed E-state index contributed by atoms with van der Waals surface area (Å²) < 4.78 is 5.01. The van der Waals surface area contributed by atoms with Gasteiger partial charge in [-0.2, -0.15) is 0 Å². The van der Waals surface area contributed by atoms with Crippen molar-refractivity contribution < 1.29 is 9.84 Å². The number of aliphatic hydroxyl groups is 1. The van der Waals surface area contributed by atoms with Crippen LogP contribution < -0.4 is 0 Å². The quantitative estimate of drug-likeness (QED) is 0.588. The van der Waals surface area contributed by atoms with Gasteiger partial charge in [0.1, 0.15) is 0 Å². The van der Waals surface area contributed by atoms with Gasteiger partial charge in [-0.1, -0.05) is 0 Å². The van der Waals surface area contributed by atoms with Gasteiger partial charge in [0.15, 0.2) is 0 Å². The normalized spacial score (nSPS) is 15.8. The molecule has 0 amide bonds. The fourth-order valence-corrected chi connectivity index (χ4v) is 0.593. The average molecular weight is 142 g/mol. The van der Waals surface area contributed by atoms with Gasteiger partial charge in [0.05, 0.1) is 12.2 Å². The Morgan fingerprint density at radius 2 is 2.30 bits per heavy atom. The number of hydrogen-bond acceptors (Lipinski definition) is 2. The van der Waals surface area contributed by atoms with Gasteiger partial charge >= 0.3 is 0 Å². The minimum atomic E-state index is -0.856. The maximum absolute atomic E-state index is 9.38. The van der Waals surface area contributed by atoms with Gasteiger partial charge in [-0.05, 0) is 13.8 Å². The summed E-state index contributed by atoms with van der Waals surface area (Å²) in [5, 5.41) is 9.38. The Labute approximate surface area is 62.2 Å². The van der Waals surface area contributed by atoms with E-state index in [0.29, 0.717) is 19.6 Å². The molecule has 1 unspecified atom stereocenters. The van der Waals surface area contributed by atoms with Crippen molar-refractivity contribution in [3.05, 3.63) is 0 Å². The lowest BCUT2D eigenvalue weighted by Gasteiger charge is -2.19. The molecule has 0 rings (SSSR count). The van der Waals surface area contributed by atoms with Crippen LogP contribution in [0, 0.1) is 12.3 Å². The van der Waals surface area contributed by atoms with Crippen molar-refractivity contribution in [3.63, 3.8) is 0 Å². The summed E-state index contributed by atoms with van der Waals surface area (Å²) in [5.74, 6) is 2.39. The molecule has 0 heterocycles. The van der Waals surface area contributed by atoms with E-state index in [1.807, 2.05) is 6.92 Å². The van der Waals surface area contributed by atoms with Crippen LogP contribution in [0.4, 0.5) is 0 Å². The molecule has 0 aliphatic carbocycles. The minimum absolute atomic E-state index is 0.313. The highest BCUT2D eigenvalue weighted by atomic mass is 16.5. The van der Waals surface area contributed by atoms with Crippen LogP contribution in [-0.2, 0) is 4.74 Å². The second kappa shape index (κ2) is 4.32. The van der Waals surface area contributed by atoms with E-state index >= 15 is 0 Å². The van der Waals surface area contributed by atoms with Crippen LogP contribution in [-0.4, -0.2) is 23.9 Å². The molecular formula is C8H14O2. The van der Waals surface area contributed by atoms with E-state index in [1.54, 1.807) is 6.92 Å². The van der Waals surface area contributed by atoms with Crippen LogP contribution in [0.25, 0.3) is 0 Å². The highest BCUT2D eigenvalue weighted by Gasteiger charge is 2.18. The fraction of sp³-hybridized carbons (Fsp3) is 0.750. The van der Waals surface area contributed by atoms with Crippen molar-refractivity contribution in [2.75, 3.05) is 13.2 Å². The van der Waals surface area contributed by atoms with E-state index in [1.165, 1.54) is 0 Å². The molecule has 0 saturated carbocycles. The van der Waals surface area contributed by atoms with Gasteiger partial charge in [0.2, 0.25) is 0 Å². The van der Waals surface area contributed by atoms with Crippen molar-refractivity contribution in [1.29, 1.82) is 0 Å². The first-order valence-electron chi connectivity index (χ1n) is 3.36. The van der Waals surface area contributed by atoms with Gasteiger partial charge in [-0.25, -0.2) is 0 Å². The summed E-state index contributed by atoms with van der Waals surface area (Å²) in [6, 6.07) is 0. The Balaban J connectivity index is 3.55. The van der Waals surface area contributed by atoms with Crippen LogP contribution in [0.3, 0.4) is 0 Å². The van der Waals surface area contributed by atoms with Crippen LogP contribution in [0.2, 0.25) is 0 Å². The molecule has 1 atom stereocenters. The summed E-state index contributed by atoms with van der Waals surface area (Å²) in [6.45, 7) is 4.48. The Morgan fingerprint density at radius 3 is 2.70 bits per heavy atom. The monoisotopic (exact) mass is 142 g/mol. The van der Waals surface area contributed by atoms with Crippen molar-refractivity contribution in [2.24, 2.45) is 0 Å². The molecule has 0 aromatic rings. The Morgan fingerprint density at radius 1 is 1.70 bits per heavy atom. The zero-order valence-corrected chi connectivity index (χ0v) is 6.55. The number of ether oxygens (including phenoxy) is 1. The molecule has 0 bridgehead atoms. The first-order valence-corrected chi connectivity index (χ1v) is 3.36. The highest BCUT2D eigenvalue weighted by molar-refractivity contribution is 4.92. The van der Waals surface area contributed by atoms with Gasteiger partial charge in [0, 0.05) is 13.0 Å². The van der Waals surface area contributed by atoms with Gasteiger partial charge in [-0.15, -0.1) is 12.3 Å². The summed E-state index contributed by atoms with van der Waals surface area (Å²) in [7, 11) is 0. The Bertz CT molecular complexity index is 122. The molecule has 1 N–H and O–H groups in total. The number of terminal acetylenes is 1. The predicted octanol–water partition coefficient (Wildman–Crippen LogP) is 0.797. The van der Waals surface area contributed by atoms with Crippen molar-refractivity contribution in [3.8, 4) is 12.3 Å². The van der Waals surface area contributed by atoms with Crippen LogP contribution in [0.15, 0.2) is 0 Å². The first-order chi connectivity index (χ1) is 4.62. The standard InChI is InChI=1S/C8H14O2/c1-4-6-8(3,9)7-10-5-2/h1,9H,5-7H2,2-3H3. The lowest BCUT2D eigenvalue weighted by Crippen LogP contribution is -2.29. The second-order valence-corrected chi connectivity index (χ2v) is 2.51. The third kappa shape index (κ3) is 4.37. The van der Waals surface area contributed by atoms with E-state index in [2.05, 4.69) is 5.92 Å². The average Bonchev–Trinajstić information content (AvgIpc) is 1.84. The number of hydrogen-bond donors (Lipinski definition) is 1. The highest BCUT2D eigenvalue weighted by Crippen LogP contribution is 2.07. The van der Waals surface area contributed by atoms with E-state index < -0.39 is 5.60 Å². The maximum atomic E-state index is 9.38. The van der Waals surface area contributed by atoms with Gasteiger partial charge in [-0.3, -0.25) is 0 Å². The SMILES string of the molecule is C#CCC(C)(O)COCC. The van der Waals surface area contributed by atoms with Crippen LogP contribution in [0.1, 0.15) is 20.3 Å². The molecule has 2 nitrogen and oxygen atoms in total. The second-order valence-electron chi connectivity index (χ2n) is 2.51. The van der Waals surface area contributed by atoms with Gasteiger partial charge < -0.3 is 9.84 Å². The topological polar surface area (TPSA) is 29.5 Å². The van der Waals surface area contributed by atoms with Gasteiger partial charge in [0.25, 0.3) is 0 Å². The molecule has 2 heteroatoms. The maximum Gasteiger partial charge on any atom is 0.0960 e. The smallest absolute Gasteiger partial charge is 0.0960 e. The molecule has 0 fully saturated rings. The van der Waals surface area contributed by atoms with Crippen molar-refractivity contribution >= 4 is 0 Å². The third-order valence-corrected chi connectivity index (χ3v) is 1.10. The van der Waals surface area contributed by atoms with Crippen LogP contribution >= 0.6 is 0 Å². The predicted molar refractivity (Wildman–Crippen MR) is 40.6 cm³/mol.